The molecule has 0 aromatic carbocycles. The van der Waals surface area contributed by atoms with Crippen LogP contribution in [0.3, 0.4) is 0 Å². The number of amides is 1. The number of carbonyl (C=O) groups excluding carboxylic acids is 1. The predicted molar refractivity (Wildman–Crippen MR) is 74.2 cm³/mol. The number of carbonyl (C=O) groups is 1. The maximum absolute atomic E-state index is 12.1. The quantitative estimate of drug-likeness (QED) is 0.766. The minimum absolute atomic E-state index is 0.0146. The molecule has 1 unspecified atom stereocenters. The van der Waals surface area contributed by atoms with Crippen LogP contribution in [0.2, 0.25) is 0 Å². The van der Waals surface area contributed by atoms with Gasteiger partial charge in [0, 0.05) is 11.8 Å². The number of aryl methyl sites for hydroxylation is 1. The third-order valence-corrected chi connectivity index (χ3v) is 2.78. The number of aromatic amines is 1. The van der Waals surface area contributed by atoms with Gasteiger partial charge in [0.15, 0.2) is 0 Å². The summed E-state index contributed by atoms with van der Waals surface area (Å²) in [5.74, 6) is -0.281. The Hall–Kier alpha value is -1.62. The van der Waals surface area contributed by atoms with E-state index in [2.05, 4.69) is 10.3 Å². The zero-order chi connectivity index (χ0) is 14.6. The molecule has 1 aromatic rings. The van der Waals surface area contributed by atoms with Gasteiger partial charge in [0.05, 0.1) is 18.2 Å². The van der Waals surface area contributed by atoms with Crippen molar-refractivity contribution in [2.45, 2.75) is 40.2 Å². The molecule has 106 valence electrons. The van der Waals surface area contributed by atoms with E-state index >= 15 is 0 Å². The highest BCUT2D eigenvalue weighted by Gasteiger charge is 2.21. The van der Waals surface area contributed by atoms with Gasteiger partial charge in [0.1, 0.15) is 0 Å². The average Bonchev–Trinajstić information content (AvgIpc) is 2.25. The summed E-state index contributed by atoms with van der Waals surface area (Å²) in [5.41, 5.74) is 0.729. The first-order valence-electron chi connectivity index (χ1n) is 6.34. The second-order valence-electron chi connectivity index (χ2n) is 5.98. The number of rotatable bonds is 4. The van der Waals surface area contributed by atoms with E-state index in [9.17, 15) is 14.7 Å². The van der Waals surface area contributed by atoms with E-state index in [1.54, 1.807) is 6.92 Å². The van der Waals surface area contributed by atoms with Crippen LogP contribution in [0.25, 0.3) is 0 Å². The van der Waals surface area contributed by atoms with Gasteiger partial charge >= 0.3 is 0 Å². The minimum Gasteiger partial charge on any atom is -0.394 e. The molecule has 0 aliphatic rings. The molecule has 0 bridgehead atoms. The molecule has 0 aliphatic heterocycles. The van der Waals surface area contributed by atoms with E-state index < -0.39 is 0 Å². The van der Waals surface area contributed by atoms with E-state index in [1.165, 1.54) is 12.1 Å². The minimum atomic E-state index is -0.293. The van der Waals surface area contributed by atoms with Crippen LogP contribution in [-0.2, 0) is 0 Å². The monoisotopic (exact) mass is 266 g/mol. The van der Waals surface area contributed by atoms with Gasteiger partial charge in [-0.3, -0.25) is 9.59 Å². The summed E-state index contributed by atoms with van der Waals surface area (Å²) in [6, 6.07) is 2.52. The van der Waals surface area contributed by atoms with Gasteiger partial charge in [-0.05, 0) is 24.8 Å². The van der Waals surface area contributed by atoms with Crippen molar-refractivity contribution in [3.05, 3.63) is 33.7 Å². The van der Waals surface area contributed by atoms with Crippen LogP contribution >= 0.6 is 0 Å². The van der Waals surface area contributed by atoms with E-state index in [-0.39, 0.29) is 29.5 Å². The summed E-state index contributed by atoms with van der Waals surface area (Å²) in [7, 11) is 0. The van der Waals surface area contributed by atoms with E-state index in [1.807, 2.05) is 20.8 Å². The Balaban J connectivity index is 2.80. The summed E-state index contributed by atoms with van der Waals surface area (Å²) >= 11 is 0. The molecule has 1 atom stereocenters. The molecule has 1 amide bonds. The first-order valence-corrected chi connectivity index (χ1v) is 6.34. The number of aliphatic hydroxyl groups is 1. The zero-order valence-corrected chi connectivity index (χ0v) is 11.9. The molecular weight excluding hydrogens is 244 g/mol. The van der Waals surface area contributed by atoms with Crippen molar-refractivity contribution in [1.82, 2.24) is 10.3 Å². The summed E-state index contributed by atoms with van der Waals surface area (Å²) < 4.78 is 0. The highest BCUT2D eigenvalue weighted by Crippen LogP contribution is 2.20. The Morgan fingerprint density at radius 3 is 2.53 bits per heavy atom. The number of nitrogens with one attached hydrogen (secondary N) is 2. The molecule has 1 aromatic heterocycles. The maximum atomic E-state index is 12.1. The molecule has 19 heavy (non-hydrogen) atoms. The Labute approximate surface area is 113 Å². The molecule has 0 spiro atoms. The molecule has 0 aliphatic carbocycles. The molecule has 0 radical (unpaired) electrons. The largest absolute Gasteiger partial charge is 0.394 e. The van der Waals surface area contributed by atoms with Crippen molar-refractivity contribution in [2.24, 2.45) is 5.41 Å². The summed E-state index contributed by atoms with van der Waals surface area (Å²) in [4.78, 5) is 25.8. The Kier molecular flexibility index (Phi) is 4.89. The fourth-order valence-electron chi connectivity index (χ4n) is 1.99. The van der Waals surface area contributed by atoms with Gasteiger partial charge in [-0.15, -0.1) is 0 Å². The first-order chi connectivity index (χ1) is 8.73. The normalized spacial score (nSPS) is 13.1. The molecule has 5 nitrogen and oxygen atoms in total. The third kappa shape index (κ3) is 4.87. The molecule has 5 heteroatoms. The van der Waals surface area contributed by atoms with Gasteiger partial charge < -0.3 is 15.4 Å². The number of pyridine rings is 1. The van der Waals surface area contributed by atoms with Crippen molar-refractivity contribution in [3.8, 4) is 0 Å². The maximum Gasteiger partial charge on any atom is 0.253 e. The second-order valence-corrected chi connectivity index (χ2v) is 5.98. The summed E-state index contributed by atoms with van der Waals surface area (Å²) in [5, 5.41) is 12.1. The highest BCUT2D eigenvalue weighted by atomic mass is 16.3. The zero-order valence-electron chi connectivity index (χ0n) is 11.9. The number of H-pyrrole nitrogens is 1. The standard InChI is InChI=1S/C14H22N2O3/c1-9-11(5-6-12(18)15-9)13(19)16-10(8-17)7-14(2,3)4/h5-6,10,17H,7-8H2,1-4H3,(H,15,18)(H,16,19). The van der Waals surface area contributed by atoms with E-state index in [0.717, 1.165) is 0 Å². The lowest BCUT2D eigenvalue weighted by atomic mass is 9.88. The third-order valence-electron chi connectivity index (χ3n) is 2.78. The SMILES string of the molecule is Cc1[nH]c(=O)ccc1C(=O)NC(CO)CC(C)(C)C. The van der Waals surface area contributed by atoms with Gasteiger partial charge in [-0.1, -0.05) is 20.8 Å². The second kappa shape index (κ2) is 6.02. The van der Waals surface area contributed by atoms with Crippen LogP contribution in [0.5, 0.6) is 0 Å². The number of aromatic nitrogens is 1. The molecule has 0 saturated carbocycles. The lowest BCUT2D eigenvalue weighted by Crippen LogP contribution is -2.40. The smallest absolute Gasteiger partial charge is 0.253 e. The van der Waals surface area contributed by atoms with Crippen LogP contribution < -0.4 is 10.9 Å². The van der Waals surface area contributed by atoms with Crippen molar-refractivity contribution in [3.63, 3.8) is 0 Å². The fourth-order valence-corrected chi connectivity index (χ4v) is 1.99. The van der Waals surface area contributed by atoms with Crippen LogP contribution in [0.15, 0.2) is 16.9 Å². The molecular formula is C14H22N2O3. The number of aliphatic hydroxyl groups excluding tert-OH is 1. The first kappa shape index (κ1) is 15.4. The lowest BCUT2D eigenvalue weighted by molar-refractivity contribution is 0.0896. The molecule has 1 heterocycles. The summed E-state index contributed by atoms with van der Waals surface area (Å²) in [6.45, 7) is 7.71. The van der Waals surface area contributed by atoms with Gasteiger partial charge in [-0.2, -0.15) is 0 Å². The Bertz CT molecular complexity index is 500. The van der Waals surface area contributed by atoms with Gasteiger partial charge in [0.2, 0.25) is 5.56 Å². The van der Waals surface area contributed by atoms with Gasteiger partial charge in [-0.25, -0.2) is 0 Å². The molecule has 1 rings (SSSR count). The molecule has 0 fully saturated rings. The van der Waals surface area contributed by atoms with Crippen LogP contribution in [0, 0.1) is 12.3 Å². The predicted octanol–water partition coefficient (Wildman–Crippen LogP) is 1.21. The Morgan fingerprint density at radius 1 is 1.42 bits per heavy atom. The van der Waals surface area contributed by atoms with Crippen molar-refractivity contribution in [1.29, 1.82) is 0 Å². The Morgan fingerprint density at radius 2 is 2.05 bits per heavy atom. The lowest BCUT2D eigenvalue weighted by Gasteiger charge is -2.25. The van der Waals surface area contributed by atoms with Crippen molar-refractivity contribution < 1.29 is 9.90 Å². The van der Waals surface area contributed by atoms with Crippen molar-refractivity contribution >= 4 is 5.91 Å². The number of hydrogen-bond acceptors (Lipinski definition) is 3. The van der Waals surface area contributed by atoms with Crippen LogP contribution in [-0.4, -0.2) is 28.6 Å². The van der Waals surface area contributed by atoms with Crippen molar-refractivity contribution in [2.75, 3.05) is 6.61 Å². The molecule has 0 saturated heterocycles. The highest BCUT2D eigenvalue weighted by molar-refractivity contribution is 5.95. The molecule has 3 N–H and O–H groups in total. The van der Waals surface area contributed by atoms with E-state index in [0.29, 0.717) is 17.7 Å². The fraction of sp³-hybridized carbons (Fsp3) is 0.571. The number of hydrogen-bond donors (Lipinski definition) is 3. The van der Waals surface area contributed by atoms with Crippen LogP contribution in [0.1, 0.15) is 43.2 Å². The summed E-state index contributed by atoms with van der Waals surface area (Å²) in [6.07, 6.45) is 0.678. The average molecular weight is 266 g/mol. The topological polar surface area (TPSA) is 82.2 Å². The van der Waals surface area contributed by atoms with Gasteiger partial charge in [0.25, 0.3) is 5.91 Å². The van der Waals surface area contributed by atoms with E-state index in [4.69, 9.17) is 0 Å². The van der Waals surface area contributed by atoms with Crippen LogP contribution in [0.4, 0.5) is 0 Å².